The summed E-state index contributed by atoms with van der Waals surface area (Å²) in [6.07, 6.45) is 0. The number of nitro groups is 1. The first kappa shape index (κ1) is 22.7. The van der Waals surface area contributed by atoms with Gasteiger partial charge in [0.2, 0.25) is 0 Å². The van der Waals surface area contributed by atoms with Crippen molar-refractivity contribution in [3.63, 3.8) is 0 Å². The van der Waals surface area contributed by atoms with E-state index < -0.39 is 20.9 Å². The third-order valence-electron chi connectivity index (χ3n) is 5.10. The Labute approximate surface area is 195 Å². The fourth-order valence-corrected chi connectivity index (χ4v) is 4.68. The van der Waals surface area contributed by atoms with E-state index in [1.54, 1.807) is 48.5 Å². The maximum Gasteiger partial charge on any atom is 0.269 e. The van der Waals surface area contributed by atoms with Crippen molar-refractivity contribution < 1.29 is 22.9 Å². The number of methoxy groups -OCH3 is 1. The minimum Gasteiger partial charge on any atom is -0.497 e. The van der Waals surface area contributed by atoms with Crippen molar-refractivity contribution in [2.75, 3.05) is 17.1 Å². The number of ether oxygens (including phenoxy) is 1. The highest BCUT2D eigenvalue weighted by Crippen LogP contribution is 2.31. The summed E-state index contributed by atoms with van der Waals surface area (Å²) >= 11 is 0. The molecule has 0 unspecified atom stereocenters. The number of fused-ring (bicyclic) bond motifs is 1. The first-order valence-corrected chi connectivity index (χ1v) is 11.5. The van der Waals surface area contributed by atoms with Crippen LogP contribution in [0, 0.1) is 10.1 Å². The SMILES string of the molecule is COc1ccc(NS(=O)(=O)c2ccc(NC(=O)c3ccc([N+](=O)[O-])cc3)c3ccccc23)cc1. The first-order valence-electron chi connectivity index (χ1n) is 10.0. The third-order valence-corrected chi connectivity index (χ3v) is 6.54. The minimum absolute atomic E-state index is 0.0484. The van der Waals surface area contributed by atoms with Gasteiger partial charge >= 0.3 is 0 Å². The fraction of sp³-hybridized carbons (Fsp3) is 0.0417. The Morgan fingerprint density at radius 1 is 0.882 bits per heavy atom. The van der Waals surface area contributed by atoms with Crippen molar-refractivity contribution >= 4 is 43.8 Å². The standard InChI is InChI=1S/C24H19N3O6S/c1-33-19-12-8-17(9-13-19)26-34(31,32)23-15-14-22(20-4-2-3-5-21(20)23)25-24(28)16-6-10-18(11-7-16)27(29)30/h2-15,26H,1H3,(H,25,28). The predicted molar refractivity (Wildman–Crippen MR) is 129 cm³/mol. The molecule has 0 radical (unpaired) electrons. The van der Waals surface area contributed by atoms with Gasteiger partial charge in [-0.05, 0) is 48.5 Å². The van der Waals surface area contributed by atoms with Gasteiger partial charge in [-0.1, -0.05) is 24.3 Å². The Morgan fingerprint density at radius 2 is 1.53 bits per heavy atom. The third kappa shape index (κ3) is 4.66. The van der Waals surface area contributed by atoms with Gasteiger partial charge in [0, 0.05) is 39.8 Å². The van der Waals surface area contributed by atoms with Gasteiger partial charge in [-0.3, -0.25) is 19.6 Å². The lowest BCUT2D eigenvalue weighted by Crippen LogP contribution is -2.15. The fourth-order valence-electron chi connectivity index (χ4n) is 3.41. The zero-order chi connectivity index (χ0) is 24.3. The molecule has 4 rings (SSSR count). The summed E-state index contributed by atoms with van der Waals surface area (Å²) in [5.41, 5.74) is 0.885. The number of benzene rings is 4. The normalized spacial score (nSPS) is 11.1. The number of sulfonamides is 1. The van der Waals surface area contributed by atoms with Gasteiger partial charge in [0.1, 0.15) is 5.75 Å². The highest BCUT2D eigenvalue weighted by atomic mass is 32.2. The predicted octanol–water partition coefficient (Wildman–Crippen LogP) is 4.81. The summed E-state index contributed by atoms with van der Waals surface area (Å²) in [6.45, 7) is 0. The van der Waals surface area contributed by atoms with E-state index in [0.717, 1.165) is 0 Å². The molecule has 0 aliphatic rings. The van der Waals surface area contributed by atoms with Crippen molar-refractivity contribution in [2.45, 2.75) is 4.90 Å². The van der Waals surface area contributed by atoms with E-state index in [-0.39, 0.29) is 16.1 Å². The summed E-state index contributed by atoms with van der Waals surface area (Å²) in [5, 5.41) is 14.5. The second-order valence-corrected chi connectivity index (χ2v) is 8.90. The summed E-state index contributed by atoms with van der Waals surface area (Å²) in [6, 6.07) is 21.4. The number of carbonyl (C=O) groups is 1. The van der Waals surface area contributed by atoms with Crippen LogP contribution in [0.2, 0.25) is 0 Å². The van der Waals surface area contributed by atoms with Gasteiger partial charge in [0.25, 0.3) is 21.6 Å². The molecule has 0 heterocycles. The van der Waals surface area contributed by atoms with E-state index in [1.165, 1.54) is 43.5 Å². The Hall–Kier alpha value is -4.44. The molecule has 0 fully saturated rings. The van der Waals surface area contributed by atoms with Crippen LogP contribution in [0.4, 0.5) is 17.1 Å². The second-order valence-electron chi connectivity index (χ2n) is 7.25. The number of hydrogen-bond acceptors (Lipinski definition) is 6. The molecule has 4 aromatic carbocycles. The molecule has 0 atom stereocenters. The molecule has 0 aliphatic carbocycles. The molecular formula is C24H19N3O6S. The molecule has 9 nitrogen and oxygen atoms in total. The highest BCUT2D eigenvalue weighted by Gasteiger charge is 2.20. The van der Waals surface area contributed by atoms with Gasteiger partial charge in [-0.2, -0.15) is 0 Å². The number of anilines is 2. The Kier molecular flexibility index (Phi) is 6.15. The van der Waals surface area contributed by atoms with E-state index in [0.29, 0.717) is 27.9 Å². The summed E-state index contributed by atoms with van der Waals surface area (Å²) in [5.74, 6) is 0.119. The van der Waals surface area contributed by atoms with Crippen molar-refractivity contribution in [1.82, 2.24) is 0 Å². The first-order chi connectivity index (χ1) is 16.3. The van der Waals surface area contributed by atoms with Crippen molar-refractivity contribution in [1.29, 1.82) is 0 Å². The number of amides is 1. The average Bonchev–Trinajstić information content (AvgIpc) is 2.84. The van der Waals surface area contributed by atoms with Crippen molar-refractivity contribution in [2.24, 2.45) is 0 Å². The maximum atomic E-state index is 13.1. The molecule has 0 bridgehead atoms. The zero-order valence-corrected chi connectivity index (χ0v) is 18.7. The molecule has 4 aromatic rings. The van der Waals surface area contributed by atoms with Crippen LogP contribution in [0.3, 0.4) is 0 Å². The number of hydrogen-bond donors (Lipinski definition) is 2. The Balaban J connectivity index is 1.65. The zero-order valence-electron chi connectivity index (χ0n) is 17.9. The van der Waals surface area contributed by atoms with E-state index >= 15 is 0 Å². The Bertz CT molecular complexity index is 1480. The quantitative estimate of drug-likeness (QED) is 0.290. The molecule has 0 aromatic heterocycles. The van der Waals surface area contributed by atoms with Crippen LogP contribution in [-0.2, 0) is 10.0 Å². The van der Waals surface area contributed by atoms with Crippen LogP contribution >= 0.6 is 0 Å². The van der Waals surface area contributed by atoms with E-state index in [4.69, 9.17) is 4.74 Å². The molecule has 172 valence electrons. The van der Waals surface area contributed by atoms with Crippen LogP contribution < -0.4 is 14.8 Å². The van der Waals surface area contributed by atoms with E-state index in [2.05, 4.69) is 10.0 Å². The molecule has 0 saturated heterocycles. The number of nitrogens with zero attached hydrogens (tertiary/aromatic N) is 1. The molecule has 0 spiro atoms. The van der Waals surface area contributed by atoms with Gasteiger partial charge in [-0.15, -0.1) is 0 Å². The lowest BCUT2D eigenvalue weighted by molar-refractivity contribution is -0.384. The number of rotatable bonds is 7. The lowest BCUT2D eigenvalue weighted by Gasteiger charge is -2.14. The summed E-state index contributed by atoms with van der Waals surface area (Å²) < 4.78 is 33.9. The van der Waals surface area contributed by atoms with Crippen LogP contribution in [0.1, 0.15) is 10.4 Å². The van der Waals surface area contributed by atoms with Gasteiger partial charge in [0.05, 0.1) is 16.9 Å². The molecule has 1 amide bonds. The van der Waals surface area contributed by atoms with Gasteiger partial charge < -0.3 is 10.1 Å². The maximum absolute atomic E-state index is 13.1. The van der Waals surface area contributed by atoms with Crippen LogP contribution in [0.15, 0.2) is 89.8 Å². The molecular weight excluding hydrogens is 458 g/mol. The Morgan fingerprint density at radius 3 is 2.15 bits per heavy atom. The molecule has 10 heteroatoms. The van der Waals surface area contributed by atoms with Crippen molar-refractivity contribution in [3.8, 4) is 5.75 Å². The largest absolute Gasteiger partial charge is 0.497 e. The summed E-state index contributed by atoms with van der Waals surface area (Å²) in [7, 11) is -2.42. The molecule has 0 aliphatic heterocycles. The lowest BCUT2D eigenvalue weighted by atomic mass is 10.1. The van der Waals surface area contributed by atoms with Gasteiger partial charge in [0.15, 0.2) is 0 Å². The van der Waals surface area contributed by atoms with Crippen LogP contribution in [0.5, 0.6) is 5.75 Å². The number of nitrogens with one attached hydrogen (secondary N) is 2. The van der Waals surface area contributed by atoms with Gasteiger partial charge in [-0.25, -0.2) is 8.42 Å². The van der Waals surface area contributed by atoms with Crippen LogP contribution in [-0.4, -0.2) is 26.4 Å². The molecule has 34 heavy (non-hydrogen) atoms. The number of carbonyl (C=O) groups excluding carboxylic acids is 1. The van der Waals surface area contributed by atoms with E-state index in [9.17, 15) is 23.3 Å². The topological polar surface area (TPSA) is 128 Å². The monoisotopic (exact) mass is 477 g/mol. The molecule has 2 N–H and O–H groups in total. The number of nitro benzene ring substituents is 1. The smallest absolute Gasteiger partial charge is 0.269 e. The average molecular weight is 477 g/mol. The van der Waals surface area contributed by atoms with E-state index in [1.807, 2.05) is 0 Å². The summed E-state index contributed by atoms with van der Waals surface area (Å²) in [4.78, 5) is 23.0. The molecule has 0 saturated carbocycles. The second kappa shape index (κ2) is 9.20. The number of non-ortho nitro benzene ring substituents is 1. The minimum atomic E-state index is -3.94. The van der Waals surface area contributed by atoms with Crippen LogP contribution in [0.25, 0.3) is 10.8 Å². The van der Waals surface area contributed by atoms with Crippen molar-refractivity contribution in [3.05, 3.63) is 101 Å². The highest BCUT2D eigenvalue weighted by molar-refractivity contribution is 7.93.